The molecule has 0 saturated heterocycles. The monoisotopic (exact) mass is 590 g/mol. The van der Waals surface area contributed by atoms with Crippen molar-refractivity contribution in [3.63, 3.8) is 0 Å². The lowest BCUT2D eigenvalue weighted by Crippen LogP contribution is -2.48. The minimum absolute atomic E-state index is 0.162. The van der Waals surface area contributed by atoms with E-state index < -0.39 is 22.0 Å². The SMILES string of the molecule is C[C@H](CO)N1C[C@H](C)[C@H](CN(C)C(=O)c2ccncc2)OCCCC[C@H](C)Oc2ccc(NS(C)(=O)=O)cc2C1=O. The Morgan fingerprint density at radius 2 is 1.93 bits per heavy atom. The highest BCUT2D eigenvalue weighted by molar-refractivity contribution is 7.92. The molecule has 0 bridgehead atoms. The van der Waals surface area contributed by atoms with Crippen molar-refractivity contribution in [1.29, 1.82) is 0 Å². The van der Waals surface area contributed by atoms with Crippen LogP contribution in [0.2, 0.25) is 0 Å². The molecule has 2 aromatic rings. The predicted molar refractivity (Wildman–Crippen MR) is 157 cm³/mol. The van der Waals surface area contributed by atoms with Gasteiger partial charge in [0.15, 0.2) is 0 Å². The molecule has 226 valence electrons. The number of nitrogens with zero attached hydrogens (tertiary/aromatic N) is 3. The number of hydrogen-bond acceptors (Lipinski definition) is 8. The van der Waals surface area contributed by atoms with E-state index in [0.29, 0.717) is 24.5 Å². The quantitative estimate of drug-likeness (QED) is 0.502. The van der Waals surface area contributed by atoms with Gasteiger partial charge in [-0.15, -0.1) is 0 Å². The molecule has 11 nitrogen and oxygen atoms in total. The summed E-state index contributed by atoms with van der Waals surface area (Å²) in [6, 6.07) is 7.40. The third-order valence-corrected chi connectivity index (χ3v) is 7.69. The number of sulfonamides is 1. The van der Waals surface area contributed by atoms with E-state index in [0.717, 1.165) is 25.5 Å². The summed E-state index contributed by atoms with van der Waals surface area (Å²) in [5, 5.41) is 10.1. The molecule has 0 unspecified atom stereocenters. The van der Waals surface area contributed by atoms with Crippen molar-refractivity contribution in [3.8, 4) is 5.75 Å². The van der Waals surface area contributed by atoms with Gasteiger partial charge in [-0.05, 0) is 63.4 Å². The molecular weight excluding hydrogens is 548 g/mol. The van der Waals surface area contributed by atoms with Gasteiger partial charge >= 0.3 is 0 Å². The number of pyridine rings is 1. The Balaban J connectivity index is 1.95. The van der Waals surface area contributed by atoms with Gasteiger partial charge in [-0.2, -0.15) is 0 Å². The predicted octanol–water partition coefficient (Wildman–Crippen LogP) is 3.02. The fourth-order valence-corrected chi connectivity index (χ4v) is 5.29. The van der Waals surface area contributed by atoms with Crippen LogP contribution < -0.4 is 9.46 Å². The van der Waals surface area contributed by atoms with Gasteiger partial charge in [0.05, 0.1) is 36.7 Å². The number of amides is 2. The van der Waals surface area contributed by atoms with Gasteiger partial charge < -0.3 is 24.4 Å². The molecule has 0 radical (unpaired) electrons. The first-order chi connectivity index (χ1) is 19.4. The number of carbonyl (C=O) groups excluding carboxylic acids is 2. The second-order valence-electron chi connectivity index (χ2n) is 10.8. The molecule has 1 aliphatic rings. The number of fused-ring (bicyclic) bond motifs is 1. The molecule has 12 heteroatoms. The fourth-order valence-electron chi connectivity index (χ4n) is 4.73. The Hall–Kier alpha value is -3.22. The van der Waals surface area contributed by atoms with E-state index in [1.165, 1.54) is 6.07 Å². The molecule has 4 atom stereocenters. The summed E-state index contributed by atoms with van der Waals surface area (Å²) < 4.78 is 38.7. The van der Waals surface area contributed by atoms with Crippen LogP contribution in [0.5, 0.6) is 5.75 Å². The van der Waals surface area contributed by atoms with E-state index in [4.69, 9.17) is 9.47 Å². The summed E-state index contributed by atoms with van der Waals surface area (Å²) in [5.74, 6) is -0.444. The molecule has 1 aliphatic heterocycles. The van der Waals surface area contributed by atoms with E-state index in [-0.39, 0.29) is 48.4 Å². The van der Waals surface area contributed by atoms with Crippen molar-refractivity contribution >= 4 is 27.5 Å². The van der Waals surface area contributed by atoms with E-state index in [1.807, 2.05) is 13.8 Å². The normalized spacial score (nSPS) is 21.7. The Morgan fingerprint density at radius 3 is 2.59 bits per heavy atom. The van der Waals surface area contributed by atoms with E-state index in [9.17, 15) is 23.1 Å². The molecule has 2 heterocycles. The molecular formula is C29H42N4O7S. The number of carbonyl (C=O) groups is 2. The Kier molecular flexibility index (Phi) is 11.5. The van der Waals surface area contributed by atoms with E-state index in [2.05, 4.69) is 9.71 Å². The highest BCUT2D eigenvalue weighted by Gasteiger charge is 2.31. The summed E-state index contributed by atoms with van der Waals surface area (Å²) in [5.41, 5.74) is 0.947. The zero-order chi connectivity index (χ0) is 30.2. The molecule has 2 amide bonds. The van der Waals surface area contributed by atoms with Crippen LogP contribution in [-0.4, -0.2) is 98.0 Å². The Labute approximate surface area is 242 Å². The second-order valence-corrected chi connectivity index (χ2v) is 12.6. The van der Waals surface area contributed by atoms with Crippen molar-refractivity contribution in [2.24, 2.45) is 5.92 Å². The Morgan fingerprint density at radius 1 is 1.22 bits per heavy atom. The van der Waals surface area contributed by atoms with Gasteiger partial charge in [0.2, 0.25) is 10.0 Å². The fraction of sp³-hybridized carbons (Fsp3) is 0.552. The maximum atomic E-state index is 14.0. The maximum Gasteiger partial charge on any atom is 0.258 e. The van der Waals surface area contributed by atoms with Gasteiger partial charge in [0, 0.05) is 56.3 Å². The van der Waals surface area contributed by atoms with E-state index in [1.54, 1.807) is 60.4 Å². The number of nitrogens with one attached hydrogen (secondary N) is 1. The topological polar surface area (TPSA) is 138 Å². The molecule has 3 rings (SSSR count). The minimum Gasteiger partial charge on any atom is -0.490 e. The van der Waals surface area contributed by atoms with E-state index >= 15 is 0 Å². The molecule has 0 fully saturated rings. The molecule has 2 N–H and O–H groups in total. The summed E-state index contributed by atoms with van der Waals surface area (Å²) >= 11 is 0. The second kappa shape index (κ2) is 14.6. The smallest absolute Gasteiger partial charge is 0.258 e. The summed E-state index contributed by atoms with van der Waals surface area (Å²) in [6.07, 6.45) is 5.93. The van der Waals surface area contributed by atoms with Crippen molar-refractivity contribution in [3.05, 3.63) is 53.9 Å². The first kappa shape index (κ1) is 32.3. The Bertz CT molecular complexity index is 1280. The van der Waals surface area contributed by atoms with Crippen molar-refractivity contribution in [2.75, 3.05) is 44.3 Å². The molecule has 1 aromatic heterocycles. The van der Waals surface area contributed by atoms with Crippen LogP contribution in [0.3, 0.4) is 0 Å². The molecule has 41 heavy (non-hydrogen) atoms. The number of anilines is 1. The van der Waals surface area contributed by atoms with Crippen LogP contribution in [0.4, 0.5) is 5.69 Å². The molecule has 0 aliphatic carbocycles. The van der Waals surface area contributed by atoms with Crippen molar-refractivity contribution in [2.45, 2.75) is 58.3 Å². The first-order valence-corrected chi connectivity index (χ1v) is 15.8. The lowest BCUT2D eigenvalue weighted by molar-refractivity contribution is -0.0149. The lowest BCUT2D eigenvalue weighted by Gasteiger charge is -2.36. The van der Waals surface area contributed by atoms with Crippen LogP contribution in [0.1, 0.15) is 60.7 Å². The largest absolute Gasteiger partial charge is 0.490 e. The third-order valence-electron chi connectivity index (χ3n) is 7.08. The number of hydrogen-bond donors (Lipinski definition) is 2. The van der Waals surface area contributed by atoms with Crippen LogP contribution in [0, 0.1) is 5.92 Å². The summed E-state index contributed by atoms with van der Waals surface area (Å²) in [6.45, 7) is 6.34. The maximum absolute atomic E-state index is 14.0. The van der Waals surface area contributed by atoms with Crippen molar-refractivity contribution in [1.82, 2.24) is 14.8 Å². The summed E-state index contributed by atoms with van der Waals surface area (Å²) in [4.78, 5) is 34.2. The zero-order valence-corrected chi connectivity index (χ0v) is 25.3. The van der Waals surface area contributed by atoms with Gasteiger partial charge in [-0.25, -0.2) is 8.42 Å². The van der Waals surface area contributed by atoms with Gasteiger partial charge in [-0.3, -0.25) is 19.3 Å². The van der Waals surface area contributed by atoms with Gasteiger partial charge in [0.25, 0.3) is 11.8 Å². The highest BCUT2D eigenvalue weighted by atomic mass is 32.2. The first-order valence-electron chi connectivity index (χ1n) is 13.9. The van der Waals surface area contributed by atoms with Gasteiger partial charge in [0.1, 0.15) is 5.75 Å². The van der Waals surface area contributed by atoms with Crippen LogP contribution >= 0.6 is 0 Å². The number of aromatic nitrogens is 1. The lowest BCUT2D eigenvalue weighted by atomic mass is 10.0. The van der Waals surface area contributed by atoms with Crippen molar-refractivity contribution < 1.29 is 32.6 Å². The number of aliphatic hydroxyl groups is 1. The number of ether oxygens (including phenoxy) is 2. The van der Waals surface area contributed by atoms with Crippen LogP contribution in [0.15, 0.2) is 42.7 Å². The summed E-state index contributed by atoms with van der Waals surface area (Å²) in [7, 11) is -1.86. The third kappa shape index (κ3) is 9.40. The highest BCUT2D eigenvalue weighted by Crippen LogP contribution is 2.29. The average molecular weight is 591 g/mol. The average Bonchev–Trinajstić information content (AvgIpc) is 2.93. The van der Waals surface area contributed by atoms with Crippen LogP contribution in [0.25, 0.3) is 0 Å². The van der Waals surface area contributed by atoms with Gasteiger partial charge in [-0.1, -0.05) is 6.92 Å². The standard InChI is InChI=1S/C29H42N4O7S/c1-20-17-33(21(2)19-34)29(36)25-16-24(31-41(5,37)38)9-10-26(25)40-22(3)8-6-7-15-39-27(20)18-32(4)28(35)23-11-13-30-14-12-23/h9-14,16,20-22,27,31,34H,6-8,15,17-19H2,1-5H3/t20-,21+,22-,27-/m0/s1. The number of benzene rings is 1. The minimum atomic E-state index is -3.58. The number of likely N-dealkylation sites (N-methyl/N-ethyl adjacent to an activating group) is 1. The number of rotatable bonds is 7. The molecule has 0 spiro atoms. The number of aliphatic hydroxyl groups excluding tert-OH is 1. The zero-order valence-electron chi connectivity index (χ0n) is 24.4. The van der Waals surface area contributed by atoms with Crippen LogP contribution in [-0.2, 0) is 14.8 Å². The molecule has 0 saturated carbocycles. The molecule has 1 aromatic carbocycles.